The number of amides is 3. The first kappa shape index (κ1) is 17.2. The van der Waals surface area contributed by atoms with Crippen LogP contribution in [0.4, 0.5) is 4.79 Å². The van der Waals surface area contributed by atoms with Gasteiger partial charge in [0, 0.05) is 12.2 Å². The second-order valence-corrected chi connectivity index (χ2v) is 6.33. The summed E-state index contributed by atoms with van der Waals surface area (Å²) in [7, 11) is 0. The SMILES string of the molecule is CCOC(=O)c1c(C)[nH]c(C(=O)CN2C(=O)C3CCCN3C2=O)c1C. The molecule has 8 heteroatoms. The molecule has 1 unspecified atom stereocenters. The molecule has 2 aliphatic rings. The van der Waals surface area contributed by atoms with Gasteiger partial charge < -0.3 is 14.6 Å². The van der Waals surface area contributed by atoms with Gasteiger partial charge in [0.2, 0.25) is 0 Å². The van der Waals surface area contributed by atoms with Gasteiger partial charge in [-0.3, -0.25) is 14.5 Å². The number of ether oxygens (including phenoxy) is 1. The number of hydrogen-bond donors (Lipinski definition) is 1. The van der Waals surface area contributed by atoms with Gasteiger partial charge in [0.15, 0.2) is 5.78 Å². The van der Waals surface area contributed by atoms with Gasteiger partial charge in [0.25, 0.3) is 5.91 Å². The first-order valence-corrected chi connectivity index (χ1v) is 8.38. The Morgan fingerprint density at radius 3 is 2.64 bits per heavy atom. The molecular weight excluding hydrogens is 326 g/mol. The Labute approximate surface area is 145 Å². The zero-order valence-electron chi connectivity index (χ0n) is 14.5. The van der Waals surface area contributed by atoms with E-state index in [1.807, 2.05) is 0 Å². The summed E-state index contributed by atoms with van der Waals surface area (Å²) >= 11 is 0. The Balaban J connectivity index is 1.81. The number of aryl methyl sites for hydroxylation is 1. The number of aromatic nitrogens is 1. The molecule has 134 valence electrons. The van der Waals surface area contributed by atoms with Crippen LogP contribution in [0.5, 0.6) is 0 Å². The molecule has 3 rings (SSSR count). The van der Waals surface area contributed by atoms with E-state index in [-0.39, 0.29) is 24.8 Å². The number of ketones is 1. The molecule has 1 aromatic rings. The van der Waals surface area contributed by atoms with Crippen LogP contribution in [0.1, 0.15) is 51.9 Å². The molecule has 1 atom stereocenters. The van der Waals surface area contributed by atoms with Gasteiger partial charge >= 0.3 is 12.0 Å². The van der Waals surface area contributed by atoms with E-state index >= 15 is 0 Å². The predicted molar refractivity (Wildman–Crippen MR) is 87.4 cm³/mol. The van der Waals surface area contributed by atoms with Crippen molar-refractivity contribution in [3.63, 3.8) is 0 Å². The van der Waals surface area contributed by atoms with E-state index in [1.165, 1.54) is 4.90 Å². The predicted octanol–water partition coefficient (Wildman–Crippen LogP) is 1.42. The van der Waals surface area contributed by atoms with E-state index in [0.29, 0.717) is 29.8 Å². The highest BCUT2D eigenvalue weighted by Crippen LogP contribution is 2.28. The lowest BCUT2D eigenvalue weighted by atomic mass is 10.1. The Hall–Kier alpha value is -2.64. The molecule has 0 bridgehead atoms. The average Bonchev–Trinajstić information content (AvgIpc) is 3.21. The number of rotatable bonds is 5. The molecule has 0 aromatic carbocycles. The maximum atomic E-state index is 12.6. The van der Waals surface area contributed by atoms with E-state index < -0.39 is 23.8 Å². The van der Waals surface area contributed by atoms with Crippen LogP contribution in [-0.4, -0.2) is 64.2 Å². The maximum absolute atomic E-state index is 12.6. The third-order valence-corrected chi connectivity index (χ3v) is 4.78. The van der Waals surface area contributed by atoms with E-state index in [0.717, 1.165) is 11.3 Å². The Morgan fingerprint density at radius 1 is 1.28 bits per heavy atom. The molecule has 25 heavy (non-hydrogen) atoms. The number of nitrogens with one attached hydrogen (secondary N) is 1. The summed E-state index contributed by atoms with van der Waals surface area (Å²) in [5.74, 6) is -1.22. The standard InChI is InChI=1S/C17H21N3O5/c1-4-25-16(23)13-9(2)14(18-10(13)3)12(21)8-20-15(22)11-6-5-7-19(11)17(20)24/h11,18H,4-8H2,1-3H3. The smallest absolute Gasteiger partial charge is 0.340 e. The fraction of sp³-hybridized carbons (Fsp3) is 0.529. The van der Waals surface area contributed by atoms with Crippen LogP contribution in [0.3, 0.4) is 0 Å². The average molecular weight is 347 g/mol. The Morgan fingerprint density at radius 2 is 2.00 bits per heavy atom. The van der Waals surface area contributed by atoms with Crippen molar-refractivity contribution in [3.8, 4) is 0 Å². The first-order valence-electron chi connectivity index (χ1n) is 8.38. The van der Waals surface area contributed by atoms with Crippen molar-refractivity contribution in [2.45, 2.75) is 39.7 Å². The van der Waals surface area contributed by atoms with Crippen molar-refractivity contribution >= 4 is 23.7 Å². The molecule has 0 aliphatic carbocycles. The molecule has 2 fully saturated rings. The summed E-state index contributed by atoms with van der Waals surface area (Å²) < 4.78 is 5.00. The maximum Gasteiger partial charge on any atom is 0.340 e. The zero-order chi connectivity index (χ0) is 18.3. The normalized spacial score (nSPS) is 19.6. The first-order chi connectivity index (χ1) is 11.9. The van der Waals surface area contributed by atoms with E-state index in [9.17, 15) is 19.2 Å². The van der Waals surface area contributed by atoms with Crippen LogP contribution in [-0.2, 0) is 9.53 Å². The highest BCUT2D eigenvalue weighted by Gasteiger charge is 2.48. The molecular formula is C17H21N3O5. The van der Waals surface area contributed by atoms with Gasteiger partial charge in [-0.1, -0.05) is 0 Å². The van der Waals surface area contributed by atoms with E-state index in [1.54, 1.807) is 20.8 Å². The minimum atomic E-state index is -0.498. The summed E-state index contributed by atoms with van der Waals surface area (Å²) in [6, 6.07) is -0.839. The number of nitrogens with zero attached hydrogens (tertiary/aromatic N) is 2. The number of aromatic amines is 1. The van der Waals surface area contributed by atoms with Gasteiger partial charge in [-0.25, -0.2) is 9.59 Å². The van der Waals surface area contributed by atoms with Gasteiger partial charge in [-0.15, -0.1) is 0 Å². The number of urea groups is 1. The highest BCUT2D eigenvalue weighted by atomic mass is 16.5. The molecule has 0 radical (unpaired) electrons. The minimum Gasteiger partial charge on any atom is -0.462 e. The summed E-state index contributed by atoms with van der Waals surface area (Å²) in [6.07, 6.45) is 1.45. The molecule has 8 nitrogen and oxygen atoms in total. The van der Waals surface area contributed by atoms with Crippen molar-refractivity contribution in [1.29, 1.82) is 0 Å². The second-order valence-electron chi connectivity index (χ2n) is 6.33. The third kappa shape index (κ3) is 2.71. The number of Topliss-reactive ketones (excluding diaryl/α,β-unsaturated/α-hetero) is 1. The minimum absolute atomic E-state index is 0.230. The number of hydrogen-bond acceptors (Lipinski definition) is 5. The molecule has 1 N–H and O–H groups in total. The van der Waals surface area contributed by atoms with Gasteiger partial charge in [-0.05, 0) is 39.2 Å². The number of carbonyl (C=O) groups is 4. The van der Waals surface area contributed by atoms with E-state index in [4.69, 9.17) is 4.74 Å². The zero-order valence-corrected chi connectivity index (χ0v) is 14.5. The number of imide groups is 1. The van der Waals surface area contributed by atoms with Crippen LogP contribution in [0.2, 0.25) is 0 Å². The molecule has 2 saturated heterocycles. The van der Waals surface area contributed by atoms with Crippen molar-refractivity contribution in [3.05, 3.63) is 22.5 Å². The summed E-state index contributed by atoms with van der Waals surface area (Å²) in [5, 5.41) is 0. The quantitative estimate of drug-likeness (QED) is 0.493. The molecule has 0 spiro atoms. The van der Waals surface area contributed by atoms with Crippen LogP contribution >= 0.6 is 0 Å². The van der Waals surface area contributed by atoms with Crippen molar-refractivity contribution < 1.29 is 23.9 Å². The van der Waals surface area contributed by atoms with E-state index in [2.05, 4.69) is 4.98 Å². The second kappa shape index (κ2) is 6.34. The van der Waals surface area contributed by atoms with Crippen LogP contribution in [0.15, 0.2) is 0 Å². The summed E-state index contributed by atoms with van der Waals surface area (Å²) in [4.78, 5) is 54.7. The van der Waals surface area contributed by atoms with Crippen LogP contribution in [0.25, 0.3) is 0 Å². The largest absolute Gasteiger partial charge is 0.462 e. The number of carbonyl (C=O) groups excluding carboxylic acids is 4. The molecule has 3 heterocycles. The number of esters is 1. The Kier molecular flexibility index (Phi) is 4.36. The molecule has 2 aliphatic heterocycles. The topological polar surface area (TPSA) is 99.8 Å². The van der Waals surface area contributed by atoms with Crippen molar-refractivity contribution in [2.75, 3.05) is 19.7 Å². The molecule has 1 aromatic heterocycles. The van der Waals surface area contributed by atoms with Crippen LogP contribution < -0.4 is 0 Å². The lowest BCUT2D eigenvalue weighted by Crippen LogP contribution is -2.37. The lowest BCUT2D eigenvalue weighted by molar-refractivity contribution is -0.127. The van der Waals surface area contributed by atoms with Gasteiger partial charge in [0.1, 0.15) is 6.04 Å². The summed E-state index contributed by atoms with van der Waals surface area (Å²) in [6.45, 7) is 5.49. The number of fused-ring (bicyclic) bond motifs is 1. The van der Waals surface area contributed by atoms with Gasteiger partial charge in [0.05, 0.1) is 24.4 Å². The van der Waals surface area contributed by atoms with Crippen LogP contribution in [0, 0.1) is 13.8 Å². The summed E-state index contributed by atoms with van der Waals surface area (Å²) in [5.41, 5.74) is 1.55. The highest BCUT2D eigenvalue weighted by molar-refractivity contribution is 6.10. The molecule has 3 amide bonds. The van der Waals surface area contributed by atoms with Crippen molar-refractivity contribution in [2.24, 2.45) is 0 Å². The van der Waals surface area contributed by atoms with Gasteiger partial charge in [-0.2, -0.15) is 0 Å². The third-order valence-electron chi connectivity index (χ3n) is 4.78. The number of H-pyrrole nitrogens is 1. The fourth-order valence-electron chi connectivity index (χ4n) is 3.59. The lowest BCUT2D eigenvalue weighted by Gasteiger charge is -2.14. The fourth-order valence-corrected chi connectivity index (χ4v) is 3.59. The monoisotopic (exact) mass is 347 g/mol. The Bertz CT molecular complexity index is 745. The molecule has 0 saturated carbocycles. The van der Waals surface area contributed by atoms with Crippen molar-refractivity contribution in [1.82, 2.24) is 14.8 Å².